The molecule has 12 nitrogen and oxygen atoms in total. The maximum atomic E-state index is 12.1. The molecule has 0 fully saturated rings. The molecule has 0 bridgehead atoms. The number of aliphatic hydroxyl groups excluding tert-OH is 2. The van der Waals surface area contributed by atoms with Gasteiger partial charge in [-0.1, -0.05) is 6.42 Å². The van der Waals surface area contributed by atoms with Crippen LogP contribution in [0.15, 0.2) is 19.2 Å². The predicted octanol–water partition coefficient (Wildman–Crippen LogP) is -3.13. The van der Waals surface area contributed by atoms with Crippen LogP contribution in [0.4, 0.5) is 0 Å². The lowest BCUT2D eigenvalue weighted by Crippen LogP contribution is -2.45. The van der Waals surface area contributed by atoms with E-state index in [1.807, 2.05) is 10.2 Å². The molecule has 0 spiro atoms. The number of H-pyrrole nitrogens is 3. The molecule has 2 heterocycles. The average molecular weight is 316 g/mol. The highest BCUT2D eigenvalue weighted by Gasteiger charge is 2.19. The number of aliphatic hydroxyl groups is 2. The third-order valence-corrected chi connectivity index (χ3v) is 3.08. The molecule has 2 rings (SSSR count). The molecular weight excluding hydrogens is 300 g/mol. The van der Waals surface area contributed by atoms with Crippen LogP contribution in [0.25, 0.3) is 0 Å². The van der Waals surface area contributed by atoms with E-state index in [0.29, 0.717) is 23.9 Å². The minimum absolute atomic E-state index is 0.0302. The van der Waals surface area contributed by atoms with Crippen molar-refractivity contribution in [3.05, 3.63) is 41.9 Å². The van der Waals surface area contributed by atoms with Crippen LogP contribution in [0, 0.1) is 0 Å². The standard InChI is InChI=1S/C10H16N6O6/c17-5-3-1-2-4-6(18)14-10(22)16(9(21)13-14)15-7(19)11-12-8(15)20/h6,17-18H,1-5H2,(H,11,19)(H,12,20)(H,13,21). The fourth-order valence-electron chi connectivity index (χ4n) is 2.00. The molecule has 22 heavy (non-hydrogen) atoms. The van der Waals surface area contributed by atoms with Crippen LogP contribution in [0.5, 0.6) is 0 Å². The van der Waals surface area contributed by atoms with E-state index in [1.54, 1.807) is 0 Å². The van der Waals surface area contributed by atoms with E-state index in [1.165, 1.54) is 0 Å². The average Bonchev–Trinajstić information content (AvgIpc) is 2.95. The summed E-state index contributed by atoms with van der Waals surface area (Å²) in [5.41, 5.74) is -4.07. The number of rotatable bonds is 7. The Morgan fingerprint density at radius 2 is 1.55 bits per heavy atom. The topological polar surface area (TPSA) is 171 Å². The van der Waals surface area contributed by atoms with Crippen molar-refractivity contribution in [2.75, 3.05) is 6.61 Å². The molecule has 0 aliphatic heterocycles. The van der Waals surface area contributed by atoms with Crippen molar-refractivity contribution in [3.63, 3.8) is 0 Å². The molecule has 0 aliphatic rings. The van der Waals surface area contributed by atoms with Gasteiger partial charge in [0.2, 0.25) is 0 Å². The van der Waals surface area contributed by atoms with Gasteiger partial charge in [-0.25, -0.2) is 39.2 Å². The second kappa shape index (κ2) is 6.44. The smallest absolute Gasteiger partial charge is 0.369 e. The van der Waals surface area contributed by atoms with Crippen LogP contribution in [-0.2, 0) is 0 Å². The molecule has 2 aromatic rings. The normalized spacial score (nSPS) is 12.6. The maximum Gasteiger partial charge on any atom is 0.369 e. The monoisotopic (exact) mass is 316 g/mol. The highest BCUT2D eigenvalue weighted by molar-refractivity contribution is 4.77. The molecular formula is C10H16N6O6. The summed E-state index contributed by atoms with van der Waals surface area (Å²) in [6, 6.07) is 0. The van der Waals surface area contributed by atoms with E-state index < -0.39 is 29.0 Å². The number of hydrogen-bond acceptors (Lipinski definition) is 6. The van der Waals surface area contributed by atoms with Gasteiger partial charge in [-0.05, 0) is 19.3 Å². The van der Waals surface area contributed by atoms with Crippen molar-refractivity contribution in [1.29, 1.82) is 0 Å². The lowest BCUT2D eigenvalue weighted by Gasteiger charge is -2.09. The highest BCUT2D eigenvalue weighted by Crippen LogP contribution is 2.09. The first kappa shape index (κ1) is 15.8. The highest BCUT2D eigenvalue weighted by atomic mass is 16.3. The molecule has 1 atom stereocenters. The summed E-state index contributed by atoms with van der Waals surface area (Å²) in [5.74, 6) is 0. The molecule has 0 saturated carbocycles. The predicted molar refractivity (Wildman–Crippen MR) is 72.6 cm³/mol. The summed E-state index contributed by atoms with van der Waals surface area (Å²) < 4.78 is 1.21. The molecule has 0 saturated heterocycles. The van der Waals surface area contributed by atoms with E-state index in [4.69, 9.17) is 5.11 Å². The zero-order valence-corrected chi connectivity index (χ0v) is 11.5. The first-order chi connectivity index (χ1) is 10.5. The quantitative estimate of drug-likeness (QED) is 0.338. The van der Waals surface area contributed by atoms with Crippen molar-refractivity contribution in [2.45, 2.75) is 31.9 Å². The summed E-state index contributed by atoms with van der Waals surface area (Å²) in [7, 11) is 0. The molecule has 0 aromatic carbocycles. The molecule has 0 amide bonds. The van der Waals surface area contributed by atoms with E-state index in [2.05, 4.69) is 5.10 Å². The zero-order chi connectivity index (χ0) is 16.3. The lowest BCUT2D eigenvalue weighted by molar-refractivity contribution is 0.0732. The number of aromatic nitrogens is 6. The van der Waals surface area contributed by atoms with Crippen LogP contribution in [0.1, 0.15) is 31.9 Å². The first-order valence-corrected chi connectivity index (χ1v) is 6.60. The summed E-state index contributed by atoms with van der Waals surface area (Å²) in [4.78, 5) is 46.7. The molecule has 122 valence electrons. The Balaban J connectivity index is 2.32. The minimum atomic E-state index is -1.31. The second-order valence-electron chi connectivity index (χ2n) is 4.61. The molecule has 5 N–H and O–H groups in total. The van der Waals surface area contributed by atoms with Crippen molar-refractivity contribution >= 4 is 0 Å². The Hall–Kier alpha value is -2.60. The van der Waals surface area contributed by atoms with Gasteiger partial charge in [0.15, 0.2) is 6.23 Å². The van der Waals surface area contributed by atoms with Crippen LogP contribution >= 0.6 is 0 Å². The molecule has 2 aromatic heterocycles. The number of nitrogens with one attached hydrogen (secondary N) is 3. The molecule has 0 aliphatic carbocycles. The summed E-state index contributed by atoms with van der Waals surface area (Å²) in [5, 5.41) is 24.5. The molecule has 12 heteroatoms. The van der Waals surface area contributed by atoms with Gasteiger partial charge in [-0.3, -0.25) is 0 Å². The van der Waals surface area contributed by atoms with E-state index in [9.17, 15) is 24.3 Å². The van der Waals surface area contributed by atoms with Gasteiger partial charge in [-0.2, -0.15) is 0 Å². The molecule has 0 radical (unpaired) electrons. The van der Waals surface area contributed by atoms with E-state index in [0.717, 1.165) is 0 Å². The number of unbranched alkanes of at least 4 members (excludes halogenated alkanes) is 2. The lowest BCUT2D eigenvalue weighted by atomic mass is 10.2. The van der Waals surface area contributed by atoms with Crippen LogP contribution in [0.3, 0.4) is 0 Å². The second-order valence-corrected chi connectivity index (χ2v) is 4.61. The molecule has 1 unspecified atom stereocenters. The number of hydrogen-bond donors (Lipinski definition) is 5. The third-order valence-electron chi connectivity index (χ3n) is 3.08. The van der Waals surface area contributed by atoms with Gasteiger partial charge in [0.25, 0.3) is 0 Å². The first-order valence-electron chi connectivity index (χ1n) is 6.60. The Bertz CT molecular complexity index is 819. The number of aromatic amines is 3. The minimum Gasteiger partial charge on any atom is -0.396 e. The van der Waals surface area contributed by atoms with Crippen molar-refractivity contribution in [2.24, 2.45) is 0 Å². The SMILES string of the molecule is O=c1[nH][nH]c(=O)n1-n1c(=O)[nH]n(C(O)CCCCCO)c1=O. The van der Waals surface area contributed by atoms with Crippen molar-refractivity contribution in [1.82, 2.24) is 29.3 Å². The Morgan fingerprint density at radius 1 is 0.909 bits per heavy atom. The fraction of sp³-hybridized carbons (Fsp3) is 0.600. The van der Waals surface area contributed by atoms with Gasteiger partial charge >= 0.3 is 22.8 Å². The fourth-order valence-corrected chi connectivity index (χ4v) is 2.00. The van der Waals surface area contributed by atoms with Gasteiger partial charge in [0, 0.05) is 6.61 Å². The zero-order valence-electron chi connectivity index (χ0n) is 11.5. The largest absolute Gasteiger partial charge is 0.396 e. The van der Waals surface area contributed by atoms with Crippen LogP contribution in [0.2, 0.25) is 0 Å². The van der Waals surface area contributed by atoms with Crippen molar-refractivity contribution < 1.29 is 10.2 Å². The summed E-state index contributed by atoms with van der Waals surface area (Å²) in [6.07, 6.45) is 0.579. The van der Waals surface area contributed by atoms with Gasteiger partial charge in [0.05, 0.1) is 0 Å². The van der Waals surface area contributed by atoms with Crippen LogP contribution < -0.4 is 22.8 Å². The Morgan fingerprint density at radius 3 is 2.14 bits per heavy atom. The van der Waals surface area contributed by atoms with Crippen molar-refractivity contribution in [3.8, 4) is 0 Å². The van der Waals surface area contributed by atoms with Gasteiger partial charge in [-0.15, -0.1) is 9.35 Å². The maximum absolute atomic E-state index is 12.1. The summed E-state index contributed by atoms with van der Waals surface area (Å²) >= 11 is 0. The third kappa shape index (κ3) is 2.87. The van der Waals surface area contributed by atoms with E-state index in [-0.39, 0.29) is 22.4 Å². The summed E-state index contributed by atoms with van der Waals surface area (Å²) in [6.45, 7) is 0.0302. The van der Waals surface area contributed by atoms with Crippen LogP contribution in [-0.4, -0.2) is 46.1 Å². The Labute approximate surface area is 121 Å². The van der Waals surface area contributed by atoms with E-state index >= 15 is 0 Å². The van der Waals surface area contributed by atoms with Gasteiger partial charge < -0.3 is 10.2 Å². The van der Waals surface area contributed by atoms with Gasteiger partial charge in [0.1, 0.15) is 0 Å². The Kier molecular flexibility index (Phi) is 4.62. The number of nitrogens with zero attached hydrogens (tertiary/aromatic N) is 3.